The van der Waals surface area contributed by atoms with Crippen molar-refractivity contribution in [1.29, 1.82) is 0 Å². The van der Waals surface area contributed by atoms with Crippen LogP contribution >= 0.6 is 0 Å². The molecule has 3 N–H and O–H groups in total. The van der Waals surface area contributed by atoms with Crippen molar-refractivity contribution in [2.24, 2.45) is 5.73 Å². The molecule has 1 aliphatic carbocycles. The first-order valence-corrected chi connectivity index (χ1v) is 6.97. The molecule has 0 amide bonds. The van der Waals surface area contributed by atoms with Gasteiger partial charge in [-0.15, -0.1) is 0 Å². The van der Waals surface area contributed by atoms with Crippen molar-refractivity contribution in [3.63, 3.8) is 0 Å². The molecule has 100 valence electrons. The van der Waals surface area contributed by atoms with Crippen molar-refractivity contribution in [2.75, 3.05) is 13.1 Å². The van der Waals surface area contributed by atoms with Crippen LogP contribution in [-0.2, 0) is 11.8 Å². The molecule has 4 nitrogen and oxygen atoms in total. The Labute approximate surface area is 109 Å². The van der Waals surface area contributed by atoms with E-state index in [1.54, 1.807) is 0 Å². The van der Waals surface area contributed by atoms with E-state index in [4.69, 9.17) is 5.73 Å². The van der Waals surface area contributed by atoms with Crippen LogP contribution in [0.2, 0.25) is 0 Å². The summed E-state index contributed by atoms with van der Waals surface area (Å²) in [5.74, 6) is 0. The molecule has 1 fully saturated rings. The predicted molar refractivity (Wildman–Crippen MR) is 72.5 cm³/mol. The van der Waals surface area contributed by atoms with Crippen LogP contribution < -0.4 is 5.73 Å². The van der Waals surface area contributed by atoms with Gasteiger partial charge in [0.1, 0.15) is 0 Å². The highest BCUT2D eigenvalue weighted by Crippen LogP contribution is 2.45. The van der Waals surface area contributed by atoms with Crippen molar-refractivity contribution in [3.8, 4) is 0 Å². The van der Waals surface area contributed by atoms with Gasteiger partial charge in [-0.3, -0.25) is 10.00 Å². The molecule has 0 radical (unpaired) electrons. The molecule has 1 aromatic rings. The van der Waals surface area contributed by atoms with E-state index in [1.165, 1.54) is 11.3 Å². The molecule has 2 aliphatic rings. The van der Waals surface area contributed by atoms with Crippen molar-refractivity contribution < 1.29 is 0 Å². The Morgan fingerprint density at radius 2 is 2.06 bits per heavy atom. The lowest BCUT2D eigenvalue weighted by Crippen LogP contribution is -2.54. The molecule has 1 spiro atoms. The molecule has 4 heteroatoms. The summed E-state index contributed by atoms with van der Waals surface area (Å²) >= 11 is 0. The third-order valence-corrected chi connectivity index (χ3v) is 4.99. The Hall–Kier alpha value is -0.870. The number of aromatic nitrogens is 2. The summed E-state index contributed by atoms with van der Waals surface area (Å²) in [6.45, 7) is 9.16. The summed E-state index contributed by atoms with van der Waals surface area (Å²) in [6, 6.07) is 0.267. The minimum atomic E-state index is 0.185. The SMILES string of the molecule is CC(C)(C)N1CCC2(CC1)c1cn[nH]c1CC2N. The fourth-order valence-corrected chi connectivity index (χ4v) is 3.73. The Balaban J connectivity index is 1.84. The van der Waals surface area contributed by atoms with Crippen LogP contribution in [0.3, 0.4) is 0 Å². The van der Waals surface area contributed by atoms with E-state index < -0.39 is 0 Å². The number of fused-ring (bicyclic) bond motifs is 2. The zero-order valence-electron chi connectivity index (χ0n) is 11.7. The number of aromatic amines is 1. The smallest absolute Gasteiger partial charge is 0.0528 e. The molecule has 0 aromatic carbocycles. The number of nitrogens with zero attached hydrogens (tertiary/aromatic N) is 2. The van der Waals surface area contributed by atoms with Gasteiger partial charge in [0.25, 0.3) is 0 Å². The minimum Gasteiger partial charge on any atom is -0.327 e. The summed E-state index contributed by atoms with van der Waals surface area (Å²) in [4.78, 5) is 2.57. The quantitative estimate of drug-likeness (QED) is 0.730. The maximum absolute atomic E-state index is 6.43. The number of piperidine rings is 1. The number of hydrogen-bond acceptors (Lipinski definition) is 3. The summed E-state index contributed by atoms with van der Waals surface area (Å²) in [5.41, 5.74) is 9.54. The number of nitrogens with one attached hydrogen (secondary N) is 1. The predicted octanol–water partition coefficient (Wildman–Crippen LogP) is 1.43. The van der Waals surface area contributed by atoms with Gasteiger partial charge in [-0.25, -0.2) is 0 Å². The zero-order valence-corrected chi connectivity index (χ0v) is 11.7. The lowest BCUT2D eigenvalue weighted by molar-refractivity contribution is 0.0688. The molecule has 1 aromatic heterocycles. The van der Waals surface area contributed by atoms with Crippen LogP contribution in [0.15, 0.2) is 6.20 Å². The van der Waals surface area contributed by atoms with Gasteiger partial charge >= 0.3 is 0 Å². The average Bonchev–Trinajstić information content (AvgIpc) is 2.83. The molecule has 0 saturated carbocycles. The van der Waals surface area contributed by atoms with E-state index >= 15 is 0 Å². The maximum atomic E-state index is 6.43. The molecule has 1 unspecified atom stereocenters. The van der Waals surface area contributed by atoms with E-state index in [0.29, 0.717) is 0 Å². The van der Waals surface area contributed by atoms with Crippen molar-refractivity contribution in [3.05, 3.63) is 17.5 Å². The van der Waals surface area contributed by atoms with Crippen LogP contribution in [0.4, 0.5) is 0 Å². The van der Waals surface area contributed by atoms with Gasteiger partial charge in [0.2, 0.25) is 0 Å². The second-order valence-corrected chi connectivity index (χ2v) is 6.89. The Bertz CT molecular complexity index is 435. The Kier molecular flexibility index (Phi) is 2.58. The van der Waals surface area contributed by atoms with Crippen LogP contribution in [-0.4, -0.2) is 39.8 Å². The van der Waals surface area contributed by atoms with Crippen LogP contribution in [0, 0.1) is 0 Å². The number of nitrogens with two attached hydrogens (primary N) is 1. The number of hydrogen-bond donors (Lipinski definition) is 2. The Morgan fingerprint density at radius 1 is 1.39 bits per heavy atom. The molecule has 1 saturated heterocycles. The summed E-state index contributed by atoms with van der Waals surface area (Å²) in [6.07, 6.45) is 5.30. The third-order valence-electron chi connectivity index (χ3n) is 4.99. The summed E-state index contributed by atoms with van der Waals surface area (Å²) in [7, 11) is 0. The average molecular weight is 248 g/mol. The highest BCUT2D eigenvalue weighted by molar-refractivity contribution is 5.37. The van der Waals surface area contributed by atoms with E-state index in [-0.39, 0.29) is 17.0 Å². The second-order valence-electron chi connectivity index (χ2n) is 6.89. The van der Waals surface area contributed by atoms with E-state index in [1.807, 2.05) is 6.20 Å². The van der Waals surface area contributed by atoms with E-state index in [2.05, 4.69) is 35.9 Å². The van der Waals surface area contributed by atoms with Gasteiger partial charge < -0.3 is 5.73 Å². The van der Waals surface area contributed by atoms with E-state index in [0.717, 1.165) is 32.4 Å². The fraction of sp³-hybridized carbons (Fsp3) is 0.786. The summed E-state index contributed by atoms with van der Waals surface area (Å²) < 4.78 is 0. The van der Waals surface area contributed by atoms with Gasteiger partial charge in [-0.1, -0.05) is 0 Å². The van der Waals surface area contributed by atoms with Crippen LogP contribution in [0.1, 0.15) is 44.9 Å². The molecular formula is C14H24N4. The molecule has 1 atom stereocenters. The third kappa shape index (κ3) is 1.62. The van der Waals surface area contributed by atoms with Crippen LogP contribution in [0.5, 0.6) is 0 Å². The topological polar surface area (TPSA) is 57.9 Å². The molecular weight excluding hydrogens is 224 g/mol. The van der Waals surface area contributed by atoms with Gasteiger partial charge in [0.15, 0.2) is 0 Å². The monoisotopic (exact) mass is 248 g/mol. The van der Waals surface area contributed by atoms with E-state index in [9.17, 15) is 0 Å². The lowest BCUT2D eigenvalue weighted by atomic mass is 9.71. The van der Waals surface area contributed by atoms with Gasteiger partial charge in [0.05, 0.1) is 6.20 Å². The van der Waals surface area contributed by atoms with Gasteiger partial charge in [0, 0.05) is 34.7 Å². The molecule has 0 bridgehead atoms. The number of likely N-dealkylation sites (tertiary alicyclic amines) is 1. The molecule has 18 heavy (non-hydrogen) atoms. The number of H-pyrrole nitrogens is 1. The normalized spacial score (nSPS) is 27.7. The molecule has 3 rings (SSSR count). The van der Waals surface area contributed by atoms with Gasteiger partial charge in [-0.2, -0.15) is 5.10 Å². The van der Waals surface area contributed by atoms with Gasteiger partial charge in [-0.05, 0) is 46.7 Å². The van der Waals surface area contributed by atoms with Crippen molar-refractivity contribution >= 4 is 0 Å². The Morgan fingerprint density at radius 3 is 2.67 bits per heavy atom. The fourth-order valence-electron chi connectivity index (χ4n) is 3.73. The highest BCUT2D eigenvalue weighted by Gasteiger charge is 2.48. The maximum Gasteiger partial charge on any atom is 0.0528 e. The largest absolute Gasteiger partial charge is 0.327 e. The summed E-state index contributed by atoms with van der Waals surface area (Å²) in [5, 5.41) is 7.32. The minimum absolute atomic E-state index is 0.185. The zero-order chi connectivity index (χ0) is 13.0. The molecule has 1 aliphatic heterocycles. The van der Waals surface area contributed by atoms with Crippen LogP contribution in [0.25, 0.3) is 0 Å². The first kappa shape index (κ1) is 12.2. The standard InChI is InChI=1S/C14H24N4/c1-13(2,3)18-6-4-14(5-7-18)10-9-16-17-11(10)8-12(14)15/h9,12H,4-8,15H2,1-3H3,(H,16,17). The van der Waals surface area contributed by atoms with Crippen molar-refractivity contribution in [1.82, 2.24) is 15.1 Å². The lowest BCUT2D eigenvalue weighted by Gasteiger charge is -2.47. The molecule has 2 heterocycles. The first-order chi connectivity index (χ1) is 8.43. The first-order valence-electron chi connectivity index (χ1n) is 6.97. The highest BCUT2D eigenvalue weighted by atomic mass is 15.2. The van der Waals surface area contributed by atoms with Crippen molar-refractivity contribution in [2.45, 2.75) is 57.0 Å². The second kappa shape index (κ2) is 3.81. The number of rotatable bonds is 0.